The van der Waals surface area contributed by atoms with Gasteiger partial charge in [0, 0.05) is 33.9 Å². The first-order chi connectivity index (χ1) is 19.6. The summed E-state index contributed by atoms with van der Waals surface area (Å²) in [6.07, 6.45) is 3.55. The Morgan fingerprint density at radius 3 is 1.80 bits per heavy atom. The molecule has 0 atom stereocenters. The highest BCUT2D eigenvalue weighted by atomic mass is 16.3. The van der Waals surface area contributed by atoms with Crippen LogP contribution in [0.5, 0.6) is 0 Å². The van der Waals surface area contributed by atoms with E-state index < -0.39 is 0 Å². The molecule has 0 N–H and O–H groups in total. The molecule has 2 heterocycles. The van der Waals surface area contributed by atoms with Gasteiger partial charge in [-0.2, -0.15) is 0 Å². The molecule has 190 valence electrons. The van der Waals surface area contributed by atoms with Gasteiger partial charge in [-0.15, -0.1) is 0 Å². The topological polar surface area (TPSA) is 38.9 Å². The van der Waals surface area contributed by atoms with E-state index in [1.54, 1.807) is 12.4 Å². The summed E-state index contributed by atoms with van der Waals surface area (Å²) in [6, 6.07) is 32.9. The Morgan fingerprint density at radius 1 is 0.475 bits per heavy atom. The zero-order valence-electron chi connectivity index (χ0n) is 22.6. The maximum absolute atomic E-state index is 6.39. The van der Waals surface area contributed by atoms with Crippen LogP contribution >= 0.6 is 0 Å². The Bertz CT molecular complexity index is 2270. The van der Waals surface area contributed by atoms with Crippen molar-refractivity contribution in [3.05, 3.63) is 120 Å². The van der Waals surface area contributed by atoms with E-state index in [1.807, 2.05) is 0 Å². The molecule has 0 bridgehead atoms. The summed E-state index contributed by atoms with van der Waals surface area (Å²) in [4.78, 5) is 9.41. The Labute approximate surface area is 231 Å². The van der Waals surface area contributed by atoms with Gasteiger partial charge < -0.3 is 4.42 Å². The van der Waals surface area contributed by atoms with E-state index in [1.165, 1.54) is 54.9 Å². The highest BCUT2D eigenvalue weighted by Gasteiger charge is 2.17. The number of rotatable bonds is 2. The number of fused-ring (bicyclic) bond motifs is 9. The summed E-state index contributed by atoms with van der Waals surface area (Å²) in [5.74, 6) is 0. The van der Waals surface area contributed by atoms with Crippen molar-refractivity contribution in [2.75, 3.05) is 0 Å². The minimum absolute atomic E-state index is 0.939. The van der Waals surface area contributed by atoms with Crippen LogP contribution in [0.4, 0.5) is 0 Å². The smallest absolute Gasteiger partial charge is 0.138 e. The van der Waals surface area contributed by atoms with Crippen LogP contribution in [0.3, 0.4) is 0 Å². The molecule has 0 aliphatic heterocycles. The van der Waals surface area contributed by atoms with Crippen molar-refractivity contribution in [2.45, 2.75) is 20.8 Å². The van der Waals surface area contributed by atoms with E-state index in [9.17, 15) is 0 Å². The maximum Gasteiger partial charge on any atom is 0.138 e. The normalized spacial score (nSPS) is 11.9. The highest BCUT2D eigenvalue weighted by molar-refractivity contribution is 6.23. The molecule has 3 heteroatoms. The molecule has 8 aromatic rings. The molecule has 3 nitrogen and oxygen atoms in total. The number of benzene rings is 6. The van der Waals surface area contributed by atoms with Crippen LogP contribution in [0.15, 0.2) is 108 Å². The first-order valence-electron chi connectivity index (χ1n) is 13.7. The Kier molecular flexibility index (Phi) is 4.86. The van der Waals surface area contributed by atoms with Gasteiger partial charge in [-0.25, -0.2) is 0 Å². The van der Waals surface area contributed by atoms with Crippen LogP contribution in [-0.4, -0.2) is 9.97 Å². The number of hydrogen-bond acceptors (Lipinski definition) is 3. The molecule has 2 aromatic heterocycles. The Hall–Kier alpha value is -5.02. The van der Waals surface area contributed by atoms with Gasteiger partial charge in [-0.1, -0.05) is 66.7 Å². The van der Waals surface area contributed by atoms with Gasteiger partial charge >= 0.3 is 0 Å². The van der Waals surface area contributed by atoms with Crippen LogP contribution in [-0.2, 0) is 0 Å². The van der Waals surface area contributed by atoms with Crippen LogP contribution < -0.4 is 0 Å². The van der Waals surface area contributed by atoms with Gasteiger partial charge in [0.15, 0.2) is 0 Å². The minimum Gasteiger partial charge on any atom is -0.456 e. The molecule has 0 unspecified atom stereocenters. The summed E-state index contributed by atoms with van der Waals surface area (Å²) in [5, 5.41) is 6.98. The van der Waals surface area contributed by atoms with Crippen LogP contribution in [0.2, 0.25) is 0 Å². The van der Waals surface area contributed by atoms with Crippen molar-refractivity contribution in [3.63, 3.8) is 0 Å². The third-order valence-electron chi connectivity index (χ3n) is 8.18. The number of nitrogens with zero attached hydrogens (tertiary/aromatic N) is 2. The van der Waals surface area contributed by atoms with Gasteiger partial charge in [-0.05, 0) is 94.8 Å². The minimum atomic E-state index is 0.939. The Balaban J connectivity index is 1.39. The molecule has 40 heavy (non-hydrogen) atoms. The average Bonchev–Trinajstić information content (AvgIpc) is 3.36. The second kappa shape index (κ2) is 8.49. The number of aromatic nitrogens is 2. The predicted octanol–water partition coefficient (Wildman–Crippen LogP) is 10.1. The van der Waals surface area contributed by atoms with E-state index in [2.05, 4.69) is 117 Å². The predicted molar refractivity (Wildman–Crippen MR) is 167 cm³/mol. The lowest BCUT2D eigenvalue weighted by Crippen LogP contribution is -1.90. The molecule has 8 rings (SSSR count). The molecular formula is C37H26N2O. The van der Waals surface area contributed by atoms with E-state index in [0.29, 0.717) is 0 Å². The molecule has 0 saturated heterocycles. The van der Waals surface area contributed by atoms with Crippen LogP contribution in [0.1, 0.15) is 16.7 Å². The second-order valence-electron chi connectivity index (χ2n) is 10.8. The lowest BCUT2D eigenvalue weighted by Gasteiger charge is -2.14. The van der Waals surface area contributed by atoms with E-state index >= 15 is 0 Å². The van der Waals surface area contributed by atoms with Crippen molar-refractivity contribution >= 4 is 54.5 Å². The van der Waals surface area contributed by atoms with E-state index in [-0.39, 0.29) is 0 Å². The fourth-order valence-corrected chi connectivity index (χ4v) is 6.44. The molecule has 0 saturated carbocycles. The Morgan fingerprint density at radius 2 is 1.05 bits per heavy atom. The monoisotopic (exact) mass is 514 g/mol. The summed E-state index contributed by atoms with van der Waals surface area (Å²) in [6.45, 7) is 6.42. The maximum atomic E-state index is 6.39. The van der Waals surface area contributed by atoms with Gasteiger partial charge in [0.05, 0.1) is 11.0 Å². The molecule has 6 aromatic carbocycles. The van der Waals surface area contributed by atoms with Crippen LogP contribution in [0.25, 0.3) is 76.8 Å². The molecule has 0 aliphatic carbocycles. The van der Waals surface area contributed by atoms with Gasteiger partial charge in [-0.3, -0.25) is 9.97 Å². The zero-order chi connectivity index (χ0) is 27.0. The van der Waals surface area contributed by atoms with Crippen molar-refractivity contribution in [3.8, 4) is 22.3 Å². The third-order valence-corrected chi connectivity index (χ3v) is 8.18. The first kappa shape index (κ1) is 22.9. The molecule has 0 radical (unpaired) electrons. The third kappa shape index (κ3) is 3.31. The lowest BCUT2D eigenvalue weighted by molar-refractivity contribution is 0.662. The second-order valence-corrected chi connectivity index (χ2v) is 10.8. The van der Waals surface area contributed by atoms with Crippen molar-refractivity contribution in [1.82, 2.24) is 9.97 Å². The standard InChI is InChI=1S/C37H26N2O/c1-21-16-22(2)36-32(17-21)33-20-25(18-23(3)37(33)40-36)27-9-5-4-8-26(27)24-12-13-30-31(19-24)28-10-6-7-11-29(28)34-35(30)39-15-14-38-34/h4-20H,1-3H3. The molecule has 0 amide bonds. The number of aryl methyl sites for hydroxylation is 3. The average molecular weight is 515 g/mol. The lowest BCUT2D eigenvalue weighted by atomic mass is 9.90. The van der Waals surface area contributed by atoms with Gasteiger partial charge in [0.1, 0.15) is 11.2 Å². The number of furan rings is 1. The summed E-state index contributed by atoms with van der Waals surface area (Å²) in [5.41, 5.74) is 12.2. The molecular weight excluding hydrogens is 488 g/mol. The molecule has 0 spiro atoms. The van der Waals surface area contributed by atoms with Gasteiger partial charge in [0.25, 0.3) is 0 Å². The van der Waals surface area contributed by atoms with Crippen molar-refractivity contribution < 1.29 is 4.42 Å². The summed E-state index contributed by atoms with van der Waals surface area (Å²) in [7, 11) is 0. The SMILES string of the molecule is Cc1cc(C)c2oc3c(C)cc(-c4ccccc4-c4ccc5c(c4)c4ccccc4c4nccnc54)cc3c2c1. The van der Waals surface area contributed by atoms with Gasteiger partial charge in [0.2, 0.25) is 0 Å². The zero-order valence-corrected chi connectivity index (χ0v) is 22.6. The quantitative estimate of drug-likeness (QED) is 0.215. The van der Waals surface area contributed by atoms with E-state index in [0.717, 1.165) is 38.5 Å². The summed E-state index contributed by atoms with van der Waals surface area (Å²) < 4.78 is 6.39. The molecule has 0 aliphatic rings. The van der Waals surface area contributed by atoms with Crippen LogP contribution in [0, 0.1) is 20.8 Å². The van der Waals surface area contributed by atoms with Crippen molar-refractivity contribution in [2.24, 2.45) is 0 Å². The number of hydrogen-bond donors (Lipinski definition) is 0. The molecule has 0 fully saturated rings. The largest absolute Gasteiger partial charge is 0.456 e. The highest BCUT2D eigenvalue weighted by Crippen LogP contribution is 2.41. The first-order valence-corrected chi connectivity index (χ1v) is 13.7. The summed E-state index contributed by atoms with van der Waals surface area (Å²) >= 11 is 0. The fourth-order valence-electron chi connectivity index (χ4n) is 6.44. The van der Waals surface area contributed by atoms with Crippen molar-refractivity contribution in [1.29, 1.82) is 0 Å². The van der Waals surface area contributed by atoms with E-state index in [4.69, 9.17) is 9.40 Å². The fraction of sp³-hybridized carbons (Fsp3) is 0.0811.